The first kappa shape index (κ1) is 32.3. The molecule has 1 aliphatic heterocycles. The summed E-state index contributed by atoms with van der Waals surface area (Å²) in [6.07, 6.45) is -1.80. The van der Waals surface area contributed by atoms with Crippen LogP contribution in [0, 0.1) is 5.82 Å². The Labute approximate surface area is 243 Å². The predicted molar refractivity (Wildman–Crippen MR) is 145 cm³/mol. The van der Waals surface area contributed by atoms with Crippen molar-refractivity contribution in [3.05, 3.63) is 42.2 Å². The molecule has 0 saturated heterocycles. The van der Waals surface area contributed by atoms with Crippen LogP contribution in [0.4, 0.5) is 37.7 Å². The first-order chi connectivity index (χ1) is 19.3. The minimum Gasteiger partial charge on any atom is -0.488 e. The van der Waals surface area contributed by atoms with Crippen molar-refractivity contribution in [2.24, 2.45) is 0 Å². The molecule has 15 heteroatoms. The van der Waals surface area contributed by atoms with E-state index in [1.807, 2.05) is 0 Å². The summed E-state index contributed by atoms with van der Waals surface area (Å²) in [5, 5.41) is 8.57. The summed E-state index contributed by atoms with van der Waals surface area (Å²) >= 11 is 0.944. The van der Waals surface area contributed by atoms with Gasteiger partial charge in [-0.15, -0.1) is 11.8 Å². The van der Waals surface area contributed by atoms with Gasteiger partial charge in [0.15, 0.2) is 0 Å². The topological polar surface area (TPSA) is 87.2 Å². The highest BCUT2D eigenvalue weighted by Crippen LogP contribution is 2.51. The Balaban J connectivity index is 1.86. The molecule has 1 heterocycles. The molecule has 4 rings (SSSR count). The molecule has 2 atom stereocenters. The van der Waals surface area contributed by atoms with Crippen LogP contribution in [-0.2, 0) is 14.8 Å². The lowest BCUT2D eigenvalue weighted by atomic mass is 9.94. The van der Waals surface area contributed by atoms with Crippen LogP contribution in [0.3, 0.4) is 0 Å². The number of nitrogens with zero attached hydrogens (tertiary/aromatic N) is 2. The highest BCUT2D eigenvalue weighted by atomic mass is 32.2. The molecule has 0 bridgehead atoms. The Morgan fingerprint density at radius 3 is 2.31 bits per heavy atom. The van der Waals surface area contributed by atoms with Gasteiger partial charge in [-0.1, -0.05) is 0 Å². The second-order valence-electron chi connectivity index (χ2n) is 10.9. The first-order valence-corrected chi connectivity index (χ1v) is 15.3. The molecule has 7 nitrogen and oxygen atoms in total. The van der Waals surface area contributed by atoms with Crippen molar-refractivity contribution < 1.29 is 49.4 Å². The zero-order valence-electron chi connectivity index (χ0n) is 22.9. The molecule has 0 unspecified atom stereocenters. The number of carbonyl (C=O) groups is 1. The maximum Gasteiger partial charge on any atom is 0.344 e. The number of carboxylic acid groups (broad SMARTS) is 1. The molecule has 2 aliphatic rings. The largest absolute Gasteiger partial charge is 0.488 e. The average Bonchev–Trinajstić information content (AvgIpc) is 2.93. The molecular weight excluding hydrogens is 610 g/mol. The van der Waals surface area contributed by atoms with Crippen molar-refractivity contribution in [2.75, 3.05) is 25.1 Å². The van der Waals surface area contributed by atoms with Crippen LogP contribution < -0.4 is 9.64 Å². The molecule has 232 valence electrons. The summed E-state index contributed by atoms with van der Waals surface area (Å²) in [6.45, 7) is 0.351. The molecule has 1 fully saturated rings. The zero-order valence-corrected chi connectivity index (χ0v) is 24.6. The highest BCUT2D eigenvalue weighted by Gasteiger charge is 2.47. The second kappa shape index (κ2) is 11.5. The smallest absolute Gasteiger partial charge is 0.344 e. The SMILES string of the molecule is CN1[C@@H](CCC(C)(F)F)CN(c2ccc(F)cc2)c2cc(SC3CC(F)(F)C3)c(OC[C@](C)(F)C(=O)O)cc2S1(=O)=O. The number of halogens is 6. The Morgan fingerprint density at radius 2 is 1.76 bits per heavy atom. The van der Waals surface area contributed by atoms with Gasteiger partial charge in [-0.05, 0) is 50.6 Å². The molecule has 2 aromatic rings. The first-order valence-electron chi connectivity index (χ1n) is 13.0. The normalized spacial score (nSPS) is 22.0. The van der Waals surface area contributed by atoms with Gasteiger partial charge in [0.05, 0.1) is 10.6 Å². The fraction of sp³-hybridized carbons (Fsp3) is 0.519. The van der Waals surface area contributed by atoms with Gasteiger partial charge < -0.3 is 14.7 Å². The number of aliphatic carboxylic acids is 1. The van der Waals surface area contributed by atoms with Gasteiger partial charge in [-0.25, -0.2) is 39.6 Å². The minimum absolute atomic E-state index is 0.0430. The van der Waals surface area contributed by atoms with Crippen LogP contribution in [0.5, 0.6) is 5.75 Å². The number of ether oxygens (including phenoxy) is 1. The number of hydrogen-bond donors (Lipinski definition) is 1. The van der Waals surface area contributed by atoms with E-state index in [1.54, 1.807) is 0 Å². The number of likely N-dealkylation sites (N-methyl/N-ethyl adjacent to an activating group) is 1. The Hall–Kier alpha value is -2.65. The van der Waals surface area contributed by atoms with E-state index in [2.05, 4.69) is 0 Å². The maximum absolute atomic E-state index is 14.6. The van der Waals surface area contributed by atoms with Crippen LogP contribution >= 0.6 is 11.8 Å². The lowest BCUT2D eigenvalue weighted by molar-refractivity contribution is -0.151. The zero-order chi connectivity index (χ0) is 31.3. The number of fused-ring (bicyclic) bond motifs is 1. The third-order valence-corrected chi connectivity index (χ3v) is 10.4. The lowest BCUT2D eigenvalue weighted by Crippen LogP contribution is -2.41. The van der Waals surface area contributed by atoms with Gasteiger partial charge in [0.25, 0.3) is 0 Å². The van der Waals surface area contributed by atoms with E-state index in [4.69, 9.17) is 4.74 Å². The average molecular weight is 641 g/mol. The molecule has 1 saturated carbocycles. The third kappa shape index (κ3) is 7.10. The van der Waals surface area contributed by atoms with Crippen LogP contribution in [0.1, 0.15) is 39.5 Å². The van der Waals surface area contributed by atoms with Crippen LogP contribution in [0.15, 0.2) is 46.2 Å². The number of thioether (sulfide) groups is 1. The Bertz CT molecular complexity index is 1430. The van der Waals surface area contributed by atoms with Crippen molar-refractivity contribution in [3.8, 4) is 5.75 Å². The standard InChI is InChI=1S/C27H30F6N2O5S2/c1-25(29,24(36)37)15-40-21-11-23-20(10-22(21)41-19-12-27(32,33)13-19)35(17-6-4-16(28)5-7-17)14-18(8-9-26(2,30)31)34(3)42(23,38)39/h4-7,10-11,18-19H,8-9,12-15H2,1-3H3,(H,36,37)/t18-,25-/m0/s1. The third-order valence-electron chi connectivity index (χ3n) is 7.23. The lowest BCUT2D eigenvalue weighted by Gasteiger charge is -2.35. The van der Waals surface area contributed by atoms with Gasteiger partial charge in [0.1, 0.15) is 23.1 Å². The quantitative estimate of drug-likeness (QED) is 0.298. The van der Waals surface area contributed by atoms with Gasteiger partial charge in [-0.2, -0.15) is 4.31 Å². The number of rotatable bonds is 10. The van der Waals surface area contributed by atoms with Crippen molar-refractivity contribution in [2.45, 2.75) is 78.1 Å². The summed E-state index contributed by atoms with van der Waals surface area (Å²) in [7, 11) is -3.19. The number of hydrogen-bond acceptors (Lipinski definition) is 6. The van der Waals surface area contributed by atoms with Crippen LogP contribution in [-0.4, -0.2) is 72.8 Å². The highest BCUT2D eigenvalue weighted by molar-refractivity contribution is 8.00. The molecule has 0 aromatic heterocycles. The second-order valence-corrected chi connectivity index (χ2v) is 14.2. The predicted octanol–water partition coefficient (Wildman–Crippen LogP) is 6.48. The number of sulfonamides is 1. The van der Waals surface area contributed by atoms with E-state index in [-0.39, 0.29) is 34.2 Å². The molecule has 0 spiro atoms. The van der Waals surface area contributed by atoms with Gasteiger partial charge in [-0.3, -0.25) is 0 Å². The molecule has 0 radical (unpaired) electrons. The van der Waals surface area contributed by atoms with Crippen LogP contribution in [0.2, 0.25) is 0 Å². The van der Waals surface area contributed by atoms with E-state index in [0.717, 1.165) is 48.1 Å². The fourth-order valence-corrected chi connectivity index (χ4v) is 7.62. The van der Waals surface area contributed by atoms with E-state index >= 15 is 0 Å². The number of anilines is 2. The van der Waals surface area contributed by atoms with Crippen molar-refractivity contribution in [1.29, 1.82) is 0 Å². The van der Waals surface area contributed by atoms with E-state index in [9.17, 15) is 44.7 Å². The number of alkyl halides is 5. The molecule has 2 aromatic carbocycles. The summed E-state index contributed by atoms with van der Waals surface area (Å²) in [6, 6.07) is 6.50. The Morgan fingerprint density at radius 1 is 1.14 bits per heavy atom. The van der Waals surface area contributed by atoms with Crippen molar-refractivity contribution >= 4 is 39.1 Å². The summed E-state index contributed by atoms with van der Waals surface area (Å²) in [5.41, 5.74) is -2.48. The molecule has 1 N–H and O–H groups in total. The summed E-state index contributed by atoms with van der Waals surface area (Å²) in [4.78, 5) is 12.6. The van der Waals surface area contributed by atoms with E-state index in [0.29, 0.717) is 5.69 Å². The van der Waals surface area contributed by atoms with E-state index < -0.39 is 76.5 Å². The Kier molecular flexibility index (Phi) is 8.80. The van der Waals surface area contributed by atoms with Gasteiger partial charge in [0, 0.05) is 55.9 Å². The maximum atomic E-state index is 14.6. The monoisotopic (exact) mass is 640 g/mol. The minimum atomic E-state index is -4.42. The van der Waals surface area contributed by atoms with Crippen LogP contribution in [0.25, 0.3) is 0 Å². The number of carboxylic acids is 1. The van der Waals surface area contributed by atoms with Gasteiger partial charge >= 0.3 is 5.97 Å². The van der Waals surface area contributed by atoms with Crippen molar-refractivity contribution in [3.63, 3.8) is 0 Å². The van der Waals surface area contributed by atoms with Gasteiger partial charge in [0.2, 0.25) is 27.5 Å². The molecular formula is C27H30F6N2O5S2. The fourth-order valence-electron chi connectivity index (χ4n) is 4.63. The summed E-state index contributed by atoms with van der Waals surface area (Å²) in [5.74, 6) is -8.60. The number of benzene rings is 2. The molecule has 0 amide bonds. The van der Waals surface area contributed by atoms with Crippen molar-refractivity contribution in [1.82, 2.24) is 4.31 Å². The van der Waals surface area contributed by atoms with E-state index in [1.165, 1.54) is 30.1 Å². The summed E-state index contributed by atoms with van der Waals surface area (Å²) < 4.78 is 117. The molecule has 42 heavy (non-hydrogen) atoms. The molecule has 1 aliphatic carbocycles.